The van der Waals surface area contributed by atoms with E-state index < -0.39 is 5.97 Å². The minimum absolute atomic E-state index is 0.0323. The second kappa shape index (κ2) is 7.01. The molecular formula is C14H20N4O3. The Morgan fingerprint density at radius 2 is 2.19 bits per heavy atom. The number of anilines is 1. The molecule has 1 amide bonds. The molecule has 1 fully saturated rings. The summed E-state index contributed by atoms with van der Waals surface area (Å²) in [5, 5.41) is 5.88. The third-order valence-electron chi connectivity index (χ3n) is 3.05. The van der Waals surface area contributed by atoms with Gasteiger partial charge in [0.25, 0.3) is 0 Å². The van der Waals surface area contributed by atoms with E-state index >= 15 is 0 Å². The lowest BCUT2D eigenvalue weighted by Gasteiger charge is -2.08. The van der Waals surface area contributed by atoms with Gasteiger partial charge in [-0.15, -0.1) is 0 Å². The standard InChI is InChI=1S/C14H20N4O3/c1-3-21-13(20)11-8-16-14(17-9(11)2)15-7-6-12(19)18-10-4-5-10/h8,10H,3-7H2,1-2H3,(H,18,19)(H,15,16,17). The molecule has 0 radical (unpaired) electrons. The second-order valence-corrected chi connectivity index (χ2v) is 4.93. The topological polar surface area (TPSA) is 93.2 Å². The average Bonchev–Trinajstić information content (AvgIpc) is 3.23. The lowest BCUT2D eigenvalue weighted by Crippen LogP contribution is -2.27. The average molecular weight is 292 g/mol. The maximum Gasteiger partial charge on any atom is 0.341 e. The Kier molecular flexibility index (Phi) is 5.08. The summed E-state index contributed by atoms with van der Waals surface area (Å²) in [4.78, 5) is 31.4. The third kappa shape index (κ3) is 4.70. The Morgan fingerprint density at radius 3 is 2.81 bits per heavy atom. The van der Waals surface area contributed by atoms with Gasteiger partial charge in [0.05, 0.1) is 17.9 Å². The van der Waals surface area contributed by atoms with Crippen LogP contribution in [0.5, 0.6) is 0 Å². The number of carbonyl (C=O) groups excluding carboxylic acids is 2. The van der Waals surface area contributed by atoms with E-state index in [4.69, 9.17) is 4.74 Å². The van der Waals surface area contributed by atoms with Crippen molar-refractivity contribution in [2.24, 2.45) is 0 Å². The van der Waals surface area contributed by atoms with Gasteiger partial charge in [0, 0.05) is 25.2 Å². The number of nitrogens with one attached hydrogen (secondary N) is 2. The Bertz CT molecular complexity index is 529. The number of rotatable bonds is 7. The molecule has 114 valence electrons. The smallest absolute Gasteiger partial charge is 0.341 e. The highest BCUT2D eigenvalue weighted by molar-refractivity contribution is 5.90. The monoisotopic (exact) mass is 292 g/mol. The van der Waals surface area contributed by atoms with Crippen molar-refractivity contribution in [3.8, 4) is 0 Å². The van der Waals surface area contributed by atoms with Gasteiger partial charge < -0.3 is 15.4 Å². The molecule has 0 aliphatic heterocycles. The van der Waals surface area contributed by atoms with Crippen molar-refractivity contribution in [3.63, 3.8) is 0 Å². The van der Waals surface area contributed by atoms with Crippen LogP contribution in [0.2, 0.25) is 0 Å². The van der Waals surface area contributed by atoms with Gasteiger partial charge in [-0.25, -0.2) is 14.8 Å². The first kappa shape index (κ1) is 15.2. The van der Waals surface area contributed by atoms with Crippen LogP contribution in [0, 0.1) is 6.92 Å². The summed E-state index contributed by atoms with van der Waals surface area (Å²) in [5.41, 5.74) is 0.905. The number of amides is 1. The first-order valence-corrected chi connectivity index (χ1v) is 7.14. The molecule has 7 heteroatoms. The van der Waals surface area contributed by atoms with Crippen LogP contribution in [0.4, 0.5) is 5.95 Å². The molecule has 1 aliphatic carbocycles. The molecule has 0 spiro atoms. The number of esters is 1. The van der Waals surface area contributed by atoms with E-state index in [1.54, 1.807) is 13.8 Å². The number of carbonyl (C=O) groups is 2. The molecule has 1 saturated carbocycles. The quantitative estimate of drug-likeness (QED) is 0.729. The van der Waals surface area contributed by atoms with Crippen LogP contribution in [0.3, 0.4) is 0 Å². The summed E-state index contributed by atoms with van der Waals surface area (Å²) in [6, 6.07) is 0.375. The molecule has 7 nitrogen and oxygen atoms in total. The first-order chi connectivity index (χ1) is 10.1. The molecule has 1 aromatic heterocycles. The fraction of sp³-hybridized carbons (Fsp3) is 0.571. The van der Waals surface area contributed by atoms with Crippen molar-refractivity contribution < 1.29 is 14.3 Å². The summed E-state index contributed by atoms with van der Waals surface area (Å²) in [5.74, 6) is 0.00926. The van der Waals surface area contributed by atoms with Gasteiger partial charge in [-0.05, 0) is 26.7 Å². The zero-order valence-corrected chi connectivity index (χ0v) is 12.3. The Hall–Kier alpha value is -2.18. The highest BCUT2D eigenvalue weighted by Crippen LogP contribution is 2.18. The van der Waals surface area contributed by atoms with Gasteiger partial charge >= 0.3 is 5.97 Å². The normalized spacial score (nSPS) is 13.6. The molecule has 0 saturated heterocycles. The number of ether oxygens (including phenoxy) is 1. The molecule has 2 rings (SSSR count). The van der Waals surface area contributed by atoms with Crippen LogP contribution in [0.15, 0.2) is 6.20 Å². The van der Waals surface area contributed by atoms with Gasteiger partial charge in [0.2, 0.25) is 11.9 Å². The van der Waals surface area contributed by atoms with Gasteiger partial charge in [-0.2, -0.15) is 0 Å². The molecule has 0 bridgehead atoms. The van der Waals surface area contributed by atoms with Crippen LogP contribution < -0.4 is 10.6 Å². The van der Waals surface area contributed by atoms with Gasteiger partial charge in [-0.1, -0.05) is 0 Å². The fourth-order valence-electron chi connectivity index (χ4n) is 1.78. The summed E-state index contributed by atoms with van der Waals surface area (Å²) >= 11 is 0. The molecule has 21 heavy (non-hydrogen) atoms. The Morgan fingerprint density at radius 1 is 1.43 bits per heavy atom. The number of hydrogen-bond acceptors (Lipinski definition) is 6. The van der Waals surface area contributed by atoms with E-state index in [0.29, 0.717) is 42.8 Å². The maximum atomic E-state index is 11.6. The molecular weight excluding hydrogens is 272 g/mol. The zero-order valence-electron chi connectivity index (χ0n) is 12.3. The number of aryl methyl sites for hydroxylation is 1. The summed E-state index contributed by atoms with van der Waals surface area (Å²) in [7, 11) is 0. The van der Waals surface area contributed by atoms with Crippen LogP contribution in [-0.2, 0) is 9.53 Å². The predicted octanol–water partition coefficient (Wildman–Crippen LogP) is 1.04. The molecule has 0 atom stereocenters. The Balaban J connectivity index is 1.82. The van der Waals surface area contributed by atoms with E-state index in [0.717, 1.165) is 12.8 Å². The summed E-state index contributed by atoms with van der Waals surface area (Å²) in [6.07, 6.45) is 3.97. The van der Waals surface area contributed by atoms with Crippen molar-refractivity contribution in [2.45, 2.75) is 39.2 Å². The molecule has 1 heterocycles. The van der Waals surface area contributed by atoms with Crippen LogP contribution >= 0.6 is 0 Å². The van der Waals surface area contributed by atoms with Gasteiger partial charge in [-0.3, -0.25) is 4.79 Å². The van der Waals surface area contributed by atoms with E-state index in [9.17, 15) is 9.59 Å². The molecule has 0 unspecified atom stereocenters. The van der Waals surface area contributed by atoms with Gasteiger partial charge in [0.1, 0.15) is 0 Å². The summed E-state index contributed by atoms with van der Waals surface area (Å²) in [6.45, 7) is 4.24. The van der Waals surface area contributed by atoms with Gasteiger partial charge in [0.15, 0.2) is 0 Å². The highest BCUT2D eigenvalue weighted by Gasteiger charge is 2.22. The second-order valence-electron chi connectivity index (χ2n) is 4.93. The fourth-order valence-corrected chi connectivity index (χ4v) is 1.78. The molecule has 2 N–H and O–H groups in total. The van der Waals surface area contributed by atoms with Crippen molar-refractivity contribution in [1.82, 2.24) is 15.3 Å². The number of aromatic nitrogens is 2. The minimum Gasteiger partial charge on any atom is -0.462 e. The van der Waals surface area contributed by atoms with Crippen LogP contribution in [0.25, 0.3) is 0 Å². The molecule has 1 aliphatic rings. The summed E-state index contributed by atoms with van der Waals surface area (Å²) < 4.78 is 4.91. The first-order valence-electron chi connectivity index (χ1n) is 7.14. The van der Waals surface area contributed by atoms with Crippen molar-refractivity contribution in [3.05, 3.63) is 17.5 Å². The Labute approximate surface area is 123 Å². The largest absolute Gasteiger partial charge is 0.462 e. The predicted molar refractivity (Wildman–Crippen MR) is 77.0 cm³/mol. The van der Waals surface area contributed by atoms with Crippen LogP contribution in [-0.4, -0.2) is 41.0 Å². The SMILES string of the molecule is CCOC(=O)c1cnc(NCCC(=O)NC2CC2)nc1C. The van der Waals surface area contributed by atoms with E-state index in [1.165, 1.54) is 6.20 Å². The number of nitrogens with zero attached hydrogens (tertiary/aromatic N) is 2. The highest BCUT2D eigenvalue weighted by atomic mass is 16.5. The zero-order chi connectivity index (χ0) is 15.2. The lowest BCUT2D eigenvalue weighted by molar-refractivity contribution is -0.120. The molecule has 1 aromatic rings. The lowest BCUT2D eigenvalue weighted by atomic mass is 10.2. The molecule has 0 aromatic carbocycles. The van der Waals surface area contributed by atoms with Crippen molar-refractivity contribution in [2.75, 3.05) is 18.5 Å². The minimum atomic E-state index is -0.426. The van der Waals surface area contributed by atoms with Crippen molar-refractivity contribution >= 4 is 17.8 Å². The van der Waals surface area contributed by atoms with E-state index in [1.807, 2.05) is 0 Å². The third-order valence-corrected chi connectivity index (χ3v) is 3.05. The van der Waals surface area contributed by atoms with E-state index in [-0.39, 0.29) is 5.91 Å². The van der Waals surface area contributed by atoms with E-state index in [2.05, 4.69) is 20.6 Å². The van der Waals surface area contributed by atoms with Crippen LogP contribution in [0.1, 0.15) is 42.2 Å². The number of hydrogen-bond donors (Lipinski definition) is 2. The van der Waals surface area contributed by atoms with Crippen molar-refractivity contribution in [1.29, 1.82) is 0 Å². The maximum absolute atomic E-state index is 11.6.